The molecule has 0 aromatic carbocycles. The van der Waals surface area contributed by atoms with E-state index in [0.29, 0.717) is 6.54 Å². The molecular formula is C5H9NO. The largest absolute Gasteiger partial charge is 0.497 e. The standard InChI is InChI=1S/C5H9NO/c6-4-5-2-1-3-7-5/h1,3,5H,2,4,6H2/t5-/m1/s1. The van der Waals surface area contributed by atoms with E-state index in [2.05, 4.69) is 0 Å². The predicted molar refractivity (Wildman–Crippen MR) is 27.7 cm³/mol. The van der Waals surface area contributed by atoms with Crippen LogP contribution < -0.4 is 5.73 Å². The summed E-state index contributed by atoms with van der Waals surface area (Å²) in [6.45, 7) is 0.632. The summed E-state index contributed by atoms with van der Waals surface area (Å²) in [6, 6.07) is 0. The van der Waals surface area contributed by atoms with E-state index in [1.807, 2.05) is 6.08 Å². The number of nitrogens with two attached hydrogens (primary N) is 1. The van der Waals surface area contributed by atoms with Gasteiger partial charge < -0.3 is 10.5 Å². The van der Waals surface area contributed by atoms with Crippen molar-refractivity contribution in [3.05, 3.63) is 12.3 Å². The zero-order chi connectivity index (χ0) is 5.11. The quantitative estimate of drug-likeness (QED) is 0.511. The zero-order valence-electron chi connectivity index (χ0n) is 4.13. The van der Waals surface area contributed by atoms with Crippen molar-refractivity contribution < 1.29 is 4.74 Å². The summed E-state index contributed by atoms with van der Waals surface area (Å²) in [5, 5.41) is 0. The van der Waals surface area contributed by atoms with Gasteiger partial charge in [-0.3, -0.25) is 0 Å². The molecular weight excluding hydrogens is 90.1 g/mol. The molecule has 1 heterocycles. The Morgan fingerprint density at radius 1 is 1.86 bits per heavy atom. The Bertz CT molecular complexity index is 72.1. The Kier molecular flexibility index (Phi) is 1.32. The summed E-state index contributed by atoms with van der Waals surface area (Å²) >= 11 is 0. The smallest absolute Gasteiger partial charge is 0.113 e. The third kappa shape index (κ3) is 0.933. The van der Waals surface area contributed by atoms with Gasteiger partial charge in [0.1, 0.15) is 6.10 Å². The van der Waals surface area contributed by atoms with E-state index >= 15 is 0 Å². The van der Waals surface area contributed by atoms with Crippen molar-refractivity contribution in [2.24, 2.45) is 5.73 Å². The van der Waals surface area contributed by atoms with E-state index in [0.717, 1.165) is 6.42 Å². The second kappa shape index (κ2) is 1.98. The van der Waals surface area contributed by atoms with Crippen LogP contribution in [0.3, 0.4) is 0 Å². The van der Waals surface area contributed by atoms with Gasteiger partial charge in [0.2, 0.25) is 0 Å². The molecule has 0 fully saturated rings. The Balaban J connectivity index is 2.22. The first-order valence-electron chi connectivity index (χ1n) is 2.44. The fraction of sp³-hybridized carbons (Fsp3) is 0.600. The molecule has 2 nitrogen and oxygen atoms in total. The van der Waals surface area contributed by atoms with E-state index in [4.69, 9.17) is 10.5 Å². The van der Waals surface area contributed by atoms with Gasteiger partial charge in [-0.05, 0) is 6.08 Å². The van der Waals surface area contributed by atoms with E-state index in [-0.39, 0.29) is 6.10 Å². The first-order chi connectivity index (χ1) is 3.43. The minimum Gasteiger partial charge on any atom is -0.497 e. The molecule has 0 amide bonds. The highest BCUT2D eigenvalue weighted by atomic mass is 16.5. The van der Waals surface area contributed by atoms with Crippen LogP contribution >= 0.6 is 0 Å². The molecule has 0 radical (unpaired) electrons. The number of hydrogen-bond acceptors (Lipinski definition) is 2. The summed E-state index contributed by atoms with van der Waals surface area (Å²) in [7, 11) is 0. The van der Waals surface area contributed by atoms with Gasteiger partial charge >= 0.3 is 0 Å². The number of rotatable bonds is 1. The molecule has 1 atom stereocenters. The lowest BCUT2D eigenvalue weighted by atomic mass is 10.3. The molecule has 0 saturated heterocycles. The van der Waals surface area contributed by atoms with Crippen molar-refractivity contribution in [2.75, 3.05) is 6.54 Å². The second-order valence-electron chi connectivity index (χ2n) is 1.60. The van der Waals surface area contributed by atoms with Gasteiger partial charge in [-0.2, -0.15) is 0 Å². The molecule has 0 bridgehead atoms. The topological polar surface area (TPSA) is 35.2 Å². The minimum absolute atomic E-state index is 0.264. The van der Waals surface area contributed by atoms with Crippen LogP contribution in [0, 0.1) is 0 Å². The van der Waals surface area contributed by atoms with E-state index in [9.17, 15) is 0 Å². The SMILES string of the molecule is NC[C@H]1CC=CO1. The van der Waals surface area contributed by atoms with Crippen LogP contribution in [-0.4, -0.2) is 12.6 Å². The third-order valence-corrected chi connectivity index (χ3v) is 1.03. The van der Waals surface area contributed by atoms with Crippen LogP contribution in [0.1, 0.15) is 6.42 Å². The van der Waals surface area contributed by atoms with Crippen LogP contribution in [-0.2, 0) is 4.74 Å². The van der Waals surface area contributed by atoms with Crippen LogP contribution in [0.2, 0.25) is 0 Å². The molecule has 0 unspecified atom stereocenters. The van der Waals surface area contributed by atoms with Gasteiger partial charge in [0, 0.05) is 13.0 Å². The molecule has 1 aliphatic heterocycles. The van der Waals surface area contributed by atoms with Gasteiger partial charge in [-0.1, -0.05) is 0 Å². The highest BCUT2D eigenvalue weighted by Crippen LogP contribution is 2.05. The summed E-state index contributed by atoms with van der Waals surface area (Å²) in [5.74, 6) is 0. The molecule has 0 spiro atoms. The second-order valence-corrected chi connectivity index (χ2v) is 1.60. The Hall–Kier alpha value is -0.500. The maximum atomic E-state index is 5.27. The van der Waals surface area contributed by atoms with Crippen molar-refractivity contribution in [1.82, 2.24) is 0 Å². The molecule has 0 saturated carbocycles. The van der Waals surface area contributed by atoms with Crippen molar-refractivity contribution in [1.29, 1.82) is 0 Å². The molecule has 0 aliphatic carbocycles. The first kappa shape index (κ1) is 4.65. The van der Waals surface area contributed by atoms with Crippen molar-refractivity contribution >= 4 is 0 Å². The van der Waals surface area contributed by atoms with E-state index in [1.54, 1.807) is 6.26 Å². The molecule has 1 aliphatic rings. The van der Waals surface area contributed by atoms with Crippen molar-refractivity contribution in [3.8, 4) is 0 Å². The Morgan fingerprint density at radius 2 is 2.71 bits per heavy atom. The van der Waals surface area contributed by atoms with Gasteiger partial charge in [0.05, 0.1) is 6.26 Å². The zero-order valence-corrected chi connectivity index (χ0v) is 4.13. The summed E-state index contributed by atoms with van der Waals surface area (Å²) in [6.07, 6.45) is 4.94. The van der Waals surface area contributed by atoms with Crippen LogP contribution in [0.5, 0.6) is 0 Å². The fourth-order valence-electron chi connectivity index (χ4n) is 0.581. The number of hydrogen-bond donors (Lipinski definition) is 1. The van der Waals surface area contributed by atoms with E-state index in [1.165, 1.54) is 0 Å². The molecule has 1 rings (SSSR count). The molecule has 7 heavy (non-hydrogen) atoms. The van der Waals surface area contributed by atoms with Crippen LogP contribution in [0.25, 0.3) is 0 Å². The molecule has 2 N–H and O–H groups in total. The van der Waals surface area contributed by atoms with Crippen molar-refractivity contribution in [2.45, 2.75) is 12.5 Å². The normalized spacial score (nSPS) is 27.9. The number of ether oxygens (including phenoxy) is 1. The highest BCUT2D eigenvalue weighted by molar-refractivity contribution is 4.86. The monoisotopic (exact) mass is 99.1 g/mol. The van der Waals surface area contributed by atoms with Crippen molar-refractivity contribution in [3.63, 3.8) is 0 Å². The van der Waals surface area contributed by atoms with E-state index < -0.39 is 0 Å². The average molecular weight is 99.1 g/mol. The summed E-state index contributed by atoms with van der Waals surface area (Å²) < 4.78 is 5.00. The fourth-order valence-corrected chi connectivity index (χ4v) is 0.581. The highest BCUT2D eigenvalue weighted by Gasteiger charge is 2.06. The van der Waals surface area contributed by atoms with Gasteiger partial charge in [0.15, 0.2) is 0 Å². The minimum atomic E-state index is 0.264. The van der Waals surface area contributed by atoms with Gasteiger partial charge in [-0.25, -0.2) is 0 Å². The summed E-state index contributed by atoms with van der Waals surface area (Å²) in [5.41, 5.74) is 5.27. The van der Waals surface area contributed by atoms with Crippen LogP contribution in [0.4, 0.5) is 0 Å². The van der Waals surface area contributed by atoms with Crippen LogP contribution in [0.15, 0.2) is 12.3 Å². The average Bonchev–Trinajstić information content (AvgIpc) is 2.14. The maximum Gasteiger partial charge on any atom is 0.113 e. The molecule has 0 aromatic rings. The lowest BCUT2D eigenvalue weighted by Gasteiger charge is -2.03. The molecule has 2 heteroatoms. The predicted octanol–water partition coefficient (Wildman–Crippen LogP) is 0.248. The Labute approximate surface area is 43.0 Å². The third-order valence-electron chi connectivity index (χ3n) is 1.03. The summed E-state index contributed by atoms with van der Waals surface area (Å²) in [4.78, 5) is 0. The maximum absolute atomic E-state index is 5.27. The first-order valence-corrected chi connectivity index (χ1v) is 2.44. The lowest BCUT2D eigenvalue weighted by Crippen LogP contribution is -2.17. The lowest BCUT2D eigenvalue weighted by molar-refractivity contribution is 0.178. The van der Waals surface area contributed by atoms with Gasteiger partial charge in [0.25, 0.3) is 0 Å². The Morgan fingerprint density at radius 3 is 3.00 bits per heavy atom. The molecule has 40 valence electrons. The molecule has 0 aromatic heterocycles. The van der Waals surface area contributed by atoms with Gasteiger partial charge in [-0.15, -0.1) is 0 Å².